The molecule has 4 nitrogen and oxygen atoms in total. The lowest BCUT2D eigenvalue weighted by Gasteiger charge is -2.21. The van der Waals surface area contributed by atoms with Gasteiger partial charge in [-0.15, -0.1) is 0 Å². The highest BCUT2D eigenvalue weighted by Gasteiger charge is 2.14. The molecule has 0 heterocycles. The summed E-state index contributed by atoms with van der Waals surface area (Å²) in [4.78, 5) is 11.6. The molecule has 1 aromatic carbocycles. The van der Waals surface area contributed by atoms with Gasteiger partial charge in [-0.3, -0.25) is 4.79 Å². The highest BCUT2D eigenvalue weighted by atomic mass is 35.5. The molecule has 1 rings (SSSR count). The van der Waals surface area contributed by atoms with E-state index in [4.69, 9.17) is 17.3 Å². The molecule has 0 aromatic heterocycles. The van der Waals surface area contributed by atoms with Crippen molar-refractivity contribution in [1.29, 1.82) is 0 Å². The van der Waals surface area contributed by atoms with E-state index in [2.05, 4.69) is 10.6 Å². The van der Waals surface area contributed by atoms with Crippen molar-refractivity contribution in [2.75, 3.05) is 17.6 Å². The Bertz CT molecular complexity index is 457. The van der Waals surface area contributed by atoms with Crippen molar-refractivity contribution in [3.05, 3.63) is 23.0 Å². The molecular formula is C12H17ClFN3O. The minimum Gasteiger partial charge on any atom is -0.397 e. The first-order valence-electron chi connectivity index (χ1n) is 5.48. The Morgan fingerprint density at radius 2 is 2.06 bits per heavy atom. The van der Waals surface area contributed by atoms with Gasteiger partial charge >= 0.3 is 0 Å². The summed E-state index contributed by atoms with van der Waals surface area (Å²) in [5.41, 5.74) is 5.99. The smallest absolute Gasteiger partial charge is 0.239 e. The van der Waals surface area contributed by atoms with Gasteiger partial charge in [0.15, 0.2) is 0 Å². The van der Waals surface area contributed by atoms with Crippen LogP contribution in [0.4, 0.5) is 15.8 Å². The molecule has 100 valence electrons. The molecule has 0 aliphatic rings. The lowest BCUT2D eigenvalue weighted by Crippen LogP contribution is -2.43. The average molecular weight is 274 g/mol. The summed E-state index contributed by atoms with van der Waals surface area (Å²) in [6.45, 7) is 5.65. The fourth-order valence-electron chi connectivity index (χ4n) is 1.35. The van der Waals surface area contributed by atoms with E-state index in [1.54, 1.807) is 0 Å². The lowest BCUT2D eigenvalue weighted by molar-refractivity contribution is -0.120. The summed E-state index contributed by atoms with van der Waals surface area (Å²) in [5.74, 6) is -0.776. The van der Waals surface area contributed by atoms with Gasteiger partial charge in [0.2, 0.25) is 5.91 Å². The van der Waals surface area contributed by atoms with E-state index >= 15 is 0 Å². The Labute approximate surface area is 111 Å². The highest BCUT2D eigenvalue weighted by molar-refractivity contribution is 6.31. The molecule has 0 unspecified atom stereocenters. The van der Waals surface area contributed by atoms with E-state index in [-0.39, 0.29) is 23.0 Å². The molecule has 0 aliphatic heterocycles. The van der Waals surface area contributed by atoms with Crippen molar-refractivity contribution >= 4 is 28.9 Å². The molecule has 0 atom stereocenters. The Hall–Kier alpha value is -1.49. The Kier molecular flexibility index (Phi) is 4.40. The SMILES string of the molecule is CC(C)(C)NC(=O)CNc1cc(F)c(Cl)cc1N. The van der Waals surface area contributed by atoms with Gasteiger partial charge in [-0.2, -0.15) is 0 Å². The van der Waals surface area contributed by atoms with Crippen LogP contribution in [0.15, 0.2) is 12.1 Å². The fraction of sp³-hybridized carbons (Fsp3) is 0.417. The molecule has 1 amide bonds. The number of carbonyl (C=O) groups is 1. The van der Waals surface area contributed by atoms with E-state index in [0.29, 0.717) is 11.4 Å². The first-order valence-corrected chi connectivity index (χ1v) is 5.86. The van der Waals surface area contributed by atoms with E-state index in [0.717, 1.165) is 0 Å². The Morgan fingerprint density at radius 1 is 1.44 bits per heavy atom. The molecule has 4 N–H and O–H groups in total. The fourth-order valence-corrected chi connectivity index (χ4v) is 1.53. The minimum absolute atomic E-state index is 0.0164. The Morgan fingerprint density at radius 3 is 2.61 bits per heavy atom. The third kappa shape index (κ3) is 4.41. The number of halogens is 2. The number of amides is 1. The van der Waals surface area contributed by atoms with Crippen LogP contribution in [0.25, 0.3) is 0 Å². The van der Waals surface area contributed by atoms with Gasteiger partial charge in [-0.1, -0.05) is 11.6 Å². The van der Waals surface area contributed by atoms with Crippen molar-refractivity contribution in [3.63, 3.8) is 0 Å². The van der Waals surface area contributed by atoms with E-state index in [9.17, 15) is 9.18 Å². The molecule has 0 bridgehead atoms. The second kappa shape index (κ2) is 5.44. The van der Waals surface area contributed by atoms with Gasteiger partial charge in [0.25, 0.3) is 0 Å². The molecular weight excluding hydrogens is 257 g/mol. The highest BCUT2D eigenvalue weighted by Crippen LogP contribution is 2.25. The van der Waals surface area contributed by atoms with E-state index < -0.39 is 5.82 Å². The number of anilines is 2. The normalized spacial score (nSPS) is 11.2. The average Bonchev–Trinajstić information content (AvgIpc) is 2.19. The van der Waals surface area contributed by atoms with Gasteiger partial charge in [-0.05, 0) is 26.8 Å². The topological polar surface area (TPSA) is 67.2 Å². The monoisotopic (exact) mass is 273 g/mol. The van der Waals surface area contributed by atoms with Gasteiger partial charge in [0.05, 0.1) is 22.9 Å². The van der Waals surface area contributed by atoms with Crippen LogP contribution in [-0.2, 0) is 4.79 Å². The number of nitrogen functional groups attached to an aromatic ring is 1. The van der Waals surface area contributed by atoms with Crippen molar-refractivity contribution in [2.24, 2.45) is 0 Å². The molecule has 18 heavy (non-hydrogen) atoms. The summed E-state index contributed by atoms with van der Waals surface area (Å²) < 4.78 is 13.2. The molecule has 0 saturated heterocycles. The van der Waals surface area contributed by atoms with Crippen molar-refractivity contribution in [1.82, 2.24) is 5.32 Å². The number of nitrogens with two attached hydrogens (primary N) is 1. The molecule has 6 heteroatoms. The summed E-state index contributed by atoms with van der Waals surface area (Å²) >= 11 is 5.57. The second-order valence-electron chi connectivity index (χ2n) is 5.01. The van der Waals surface area contributed by atoms with Crippen molar-refractivity contribution in [3.8, 4) is 0 Å². The van der Waals surface area contributed by atoms with Crippen LogP contribution in [-0.4, -0.2) is 18.0 Å². The van der Waals surface area contributed by atoms with Gasteiger partial charge in [0.1, 0.15) is 5.82 Å². The number of nitrogens with one attached hydrogen (secondary N) is 2. The Balaban J connectivity index is 2.64. The maximum atomic E-state index is 13.2. The van der Waals surface area contributed by atoms with Gasteiger partial charge in [-0.25, -0.2) is 4.39 Å². The van der Waals surface area contributed by atoms with Gasteiger partial charge in [0, 0.05) is 11.6 Å². The van der Waals surface area contributed by atoms with E-state index in [1.807, 2.05) is 20.8 Å². The predicted molar refractivity (Wildman–Crippen MR) is 72.2 cm³/mol. The van der Waals surface area contributed by atoms with Crippen LogP contribution >= 0.6 is 11.6 Å². The summed E-state index contributed by atoms with van der Waals surface area (Å²) in [6.07, 6.45) is 0. The van der Waals surface area contributed by atoms with Gasteiger partial charge < -0.3 is 16.4 Å². The van der Waals surface area contributed by atoms with Crippen LogP contribution in [0.1, 0.15) is 20.8 Å². The van der Waals surface area contributed by atoms with Crippen LogP contribution in [0.5, 0.6) is 0 Å². The molecule has 0 aliphatic carbocycles. The lowest BCUT2D eigenvalue weighted by atomic mass is 10.1. The zero-order valence-corrected chi connectivity index (χ0v) is 11.4. The number of rotatable bonds is 3. The van der Waals surface area contributed by atoms with Crippen LogP contribution in [0.2, 0.25) is 5.02 Å². The quantitative estimate of drug-likeness (QED) is 0.741. The first-order chi connectivity index (χ1) is 8.19. The maximum absolute atomic E-state index is 13.2. The molecule has 0 spiro atoms. The first kappa shape index (κ1) is 14.6. The third-order valence-corrected chi connectivity index (χ3v) is 2.34. The van der Waals surface area contributed by atoms with Crippen LogP contribution < -0.4 is 16.4 Å². The largest absolute Gasteiger partial charge is 0.397 e. The number of hydrogen-bond donors (Lipinski definition) is 3. The second-order valence-corrected chi connectivity index (χ2v) is 5.41. The minimum atomic E-state index is -0.579. The summed E-state index contributed by atoms with van der Waals surface area (Å²) in [7, 11) is 0. The molecule has 0 saturated carbocycles. The number of benzene rings is 1. The summed E-state index contributed by atoms with van der Waals surface area (Å²) in [6, 6.07) is 2.48. The van der Waals surface area contributed by atoms with Crippen LogP contribution in [0, 0.1) is 5.82 Å². The molecule has 0 fully saturated rings. The molecule has 1 aromatic rings. The summed E-state index contributed by atoms with van der Waals surface area (Å²) in [5, 5.41) is 5.50. The van der Waals surface area contributed by atoms with Crippen LogP contribution in [0.3, 0.4) is 0 Å². The number of hydrogen-bond acceptors (Lipinski definition) is 3. The third-order valence-electron chi connectivity index (χ3n) is 2.05. The van der Waals surface area contributed by atoms with Crippen molar-refractivity contribution in [2.45, 2.75) is 26.3 Å². The zero-order chi connectivity index (χ0) is 13.9. The van der Waals surface area contributed by atoms with E-state index in [1.165, 1.54) is 12.1 Å². The van der Waals surface area contributed by atoms with Crippen molar-refractivity contribution < 1.29 is 9.18 Å². The standard InChI is InChI=1S/C12H17ClFN3O/c1-12(2,3)17-11(18)6-16-10-5-8(14)7(13)4-9(10)15/h4-5,16H,6,15H2,1-3H3,(H,17,18). The number of carbonyl (C=O) groups excluding carboxylic acids is 1. The zero-order valence-electron chi connectivity index (χ0n) is 10.6. The molecule has 0 radical (unpaired) electrons. The predicted octanol–water partition coefficient (Wildman–Crippen LogP) is 2.39. The maximum Gasteiger partial charge on any atom is 0.239 e.